The van der Waals surface area contributed by atoms with E-state index in [1.54, 1.807) is 6.07 Å². The van der Waals surface area contributed by atoms with Gasteiger partial charge in [0.2, 0.25) is 0 Å². The number of sulfone groups is 1. The molecule has 1 aliphatic heterocycles. The highest BCUT2D eigenvalue weighted by Crippen LogP contribution is 2.29. The summed E-state index contributed by atoms with van der Waals surface area (Å²) >= 11 is 0. The molecule has 1 fully saturated rings. The molecule has 0 aromatic heterocycles. The first-order valence-electron chi connectivity index (χ1n) is 7.67. The lowest BCUT2D eigenvalue weighted by Gasteiger charge is -2.29. The Morgan fingerprint density at radius 1 is 1.43 bits per heavy atom. The van der Waals surface area contributed by atoms with Crippen molar-refractivity contribution in [2.45, 2.75) is 30.7 Å². The van der Waals surface area contributed by atoms with E-state index in [-0.39, 0.29) is 10.6 Å². The molecule has 0 saturated carbocycles. The summed E-state index contributed by atoms with van der Waals surface area (Å²) in [6.45, 7) is 4.98. The molecule has 2 rings (SSSR count). The zero-order valence-electron chi connectivity index (χ0n) is 13.7. The fourth-order valence-corrected chi connectivity index (χ4v) is 3.99. The predicted molar refractivity (Wildman–Crippen MR) is 89.7 cm³/mol. The van der Waals surface area contributed by atoms with Crippen molar-refractivity contribution in [1.82, 2.24) is 4.90 Å². The van der Waals surface area contributed by atoms with Gasteiger partial charge < -0.3 is 4.90 Å². The van der Waals surface area contributed by atoms with Gasteiger partial charge in [0.15, 0.2) is 9.84 Å². The zero-order valence-corrected chi connectivity index (χ0v) is 14.5. The van der Waals surface area contributed by atoms with Gasteiger partial charge in [-0.25, -0.2) is 8.42 Å². The Morgan fingerprint density at radius 3 is 2.70 bits per heavy atom. The minimum absolute atomic E-state index is 0.231. The van der Waals surface area contributed by atoms with Gasteiger partial charge in [0.05, 0.1) is 4.92 Å². The molecule has 7 nitrogen and oxygen atoms in total. The van der Waals surface area contributed by atoms with Gasteiger partial charge in [0, 0.05) is 37.6 Å². The molecule has 8 heteroatoms. The summed E-state index contributed by atoms with van der Waals surface area (Å²) in [6, 6.07) is 4.72. The van der Waals surface area contributed by atoms with E-state index in [9.17, 15) is 18.5 Å². The fraction of sp³-hybridized carbons (Fsp3) is 0.600. The van der Waals surface area contributed by atoms with Crippen molar-refractivity contribution in [2.24, 2.45) is 0 Å². The molecule has 0 bridgehead atoms. The van der Waals surface area contributed by atoms with E-state index >= 15 is 0 Å². The van der Waals surface area contributed by atoms with Crippen LogP contribution in [-0.4, -0.2) is 57.2 Å². The summed E-state index contributed by atoms with van der Waals surface area (Å²) in [5.41, 5.74) is 0.305. The van der Waals surface area contributed by atoms with Crippen molar-refractivity contribution in [3.05, 3.63) is 28.3 Å². The van der Waals surface area contributed by atoms with Crippen molar-refractivity contribution in [2.75, 3.05) is 37.8 Å². The van der Waals surface area contributed by atoms with E-state index in [1.165, 1.54) is 18.6 Å². The van der Waals surface area contributed by atoms with E-state index < -0.39 is 14.8 Å². The highest BCUT2D eigenvalue weighted by Gasteiger charge is 2.26. The van der Waals surface area contributed by atoms with Gasteiger partial charge >= 0.3 is 0 Å². The second kappa shape index (κ2) is 6.84. The van der Waals surface area contributed by atoms with Crippen LogP contribution < -0.4 is 4.90 Å². The van der Waals surface area contributed by atoms with Crippen molar-refractivity contribution in [3.8, 4) is 0 Å². The minimum atomic E-state index is -3.66. The third kappa shape index (κ3) is 4.00. The van der Waals surface area contributed by atoms with Crippen LogP contribution in [0.2, 0.25) is 0 Å². The average molecular weight is 341 g/mol. The molecule has 1 aliphatic rings. The molecular weight excluding hydrogens is 318 g/mol. The molecule has 1 heterocycles. The van der Waals surface area contributed by atoms with E-state index in [1.807, 2.05) is 11.9 Å². The summed E-state index contributed by atoms with van der Waals surface area (Å²) < 4.78 is 23.7. The Kier molecular flexibility index (Phi) is 5.26. The van der Waals surface area contributed by atoms with Crippen LogP contribution in [0, 0.1) is 10.1 Å². The number of nitro benzene ring substituents is 1. The quantitative estimate of drug-likeness (QED) is 0.580. The van der Waals surface area contributed by atoms with Crippen LogP contribution in [0.25, 0.3) is 0 Å². The molecule has 0 N–H and O–H groups in total. The number of likely N-dealkylation sites (N-methyl/N-ethyl adjacent to an activating group) is 2. The summed E-state index contributed by atoms with van der Waals surface area (Å²) in [7, 11) is -1.77. The Balaban J connectivity index is 2.27. The molecule has 128 valence electrons. The fourth-order valence-electron chi connectivity index (χ4n) is 3.13. The Labute approximate surface area is 137 Å². The SMILES string of the molecule is CCN1CCCC1CN(C)c1ccc([N+](=O)[O-])c(S(C)(=O)=O)c1. The molecular formula is C15H23N3O4S. The van der Waals surface area contributed by atoms with E-state index in [4.69, 9.17) is 0 Å². The molecule has 1 saturated heterocycles. The molecule has 0 spiro atoms. The smallest absolute Gasteiger partial charge is 0.288 e. The van der Waals surface area contributed by atoms with E-state index in [0.717, 1.165) is 32.3 Å². The first kappa shape index (κ1) is 17.7. The van der Waals surface area contributed by atoms with E-state index in [2.05, 4.69) is 11.8 Å². The molecule has 23 heavy (non-hydrogen) atoms. The minimum Gasteiger partial charge on any atom is -0.373 e. The van der Waals surface area contributed by atoms with Crippen molar-refractivity contribution >= 4 is 21.2 Å². The Morgan fingerprint density at radius 2 is 2.13 bits per heavy atom. The van der Waals surface area contributed by atoms with Crippen LogP contribution in [-0.2, 0) is 9.84 Å². The molecule has 0 aliphatic carbocycles. The normalized spacial score (nSPS) is 19.0. The predicted octanol–water partition coefficient (Wildman–Crippen LogP) is 1.92. The summed E-state index contributed by atoms with van der Waals surface area (Å²) in [6.07, 6.45) is 3.28. The number of likely N-dealkylation sites (tertiary alicyclic amines) is 1. The van der Waals surface area contributed by atoms with Gasteiger partial charge in [-0.2, -0.15) is 0 Å². The maximum Gasteiger partial charge on any atom is 0.288 e. The topological polar surface area (TPSA) is 83.8 Å². The maximum atomic E-state index is 11.8. The molecule has 0 amide bonds. The van der Waals surface area contributed by atoms with E-state index in [0.29, 0.717) is 11.7 Å². The monoisotopic (exact) mass is 341 g/mol. The van der Waals surface area contributed by atoms with Crippen molar-refractivity contribution in [1.29, 1.82) is 0 Å². The van der Waals surface area contributed by atoms with Crippen molar-refractivity contribution < 1.29 is 13.3 Å². The molecule has 0 radical (unpaired) electrons. The number of nitrogens with zero attached hydrogens (tertiary/aromatic N) is 3. The highest BCUT2D eigenvalue weighted by molar-refractivity contribution is 7.90. The van der Waals surface area contributed by atoms with Gasteiger partial charge in [-0.1, -0.05) is 6.92 Å². The van der Waals surface area contributed by atoms with Gasteiger partial charge in [0.25, 0.3) is 5.69 Å². The van der Waals surface area contributed by atoms with Crippen LogP contribution >= 0.6 is 0 Å². The Bertz CT molecular complexity index is 690. The molecule has 1 aromatic rings. The molecule has 1 aromatic carbocycles. The highest BCUT2D eigenvalue weighted by atomic mass is 32.2. The zero-order chi connectivity index (χ0) is 17.2. The van der Waals surface area contributed by atoms with Gasteiger partial charge in [-0.15, -0.1) is 0 Å². The Hall–Kier alpha value is -1.67. The number of benzene rings is 1. The first-order valence-corrected chi connectivity index (χ1v) is 9.57. The number of nitro groups is 1. The first-order chi connectivity index (χ1) is 10.7. The second-order valence-corrected chi connectivity index (χ2v) is 7.97. The lowest BCUT2D eigenvalue weighted by Crippen LogP contribution is -2.38. The molecule has 1 unspecified atom stereocenters. The second-order valence-electron chi connectivity index (χ2n) is 5.99. The summed E-state index contributed by atoms with van der Waals surface area (Å²) in [4.78, 5) is 14.5. The lowest BCUT2D eigenvalue weighted by atomic mass is 10.2. The number of anilines is 1. The van der Waals surface area contributed by atoms with Gasteiger partial charge in [-0.3, -0.25) is 15.0 Å². The number of rotatable bonds is 6. The summed E-state index contributed by atoms with van der Waals surface area (Å²) in [5, 5.41) is 11.0. The van der Waals surface area contributed by atoms with Crippen LogP contribution in [0.4, 0.5) is 11.4 Å². The van der Waals surface area contributed by atoms with Crippen molar-refractivity contribution in [3.63, 3.8) is 0 Å². The van der Waals surface area contributed by atoms with Crippen LogP contribution in [0.1, 0.15) is 19.8 Å². The number of hydrogen-bond acceptors (Lipinski definition) is 6. The summed E-state index contributed by atoms with van der Waals surface area (Å²) in [5.74, 6) is 0. The maximum absolute atomic E-state index is 11.8. The lowest BCUT2D eigenvalue weighted by molar-refractivity contribution is -0.387. The third-order valence-corrected chi connectivity index (χ3v) is 5.50. The van der Waals surface area contributed by atoms with Crippen LogP contribution in [0.3, 0.4) is 0 Å². The van der Waals surface area contributed by atoms with Gasteiger partial charge in [0.1, 0.15) is 4.90 Å². The van der Waals surface area contributed by atoms with Gasteiger partial charge in [-0.05, 0) is 38.1 Å². The largest absolute Gasteiger partial charge is 0.373 e. The van der Waals surface area contributed by atoms with Crippen LogP contribution in [0.5, 0.6) is 0 Å². The third-order valence-electron chi connectivity index (χ3n) is 4.37. The molecule has 1 atom stereocenters. The van der Waals surface area contributed by atoms with Crippen LogP contribution in [0.15, 0.2) is 23.1 Å². The average Bonchev–Trinajstić information content (AvgIpc) is 2.92. The standard InChI is InChI=1S/C15H23N3O4S/c1-4-17-9-5-6-13(17)11-16(2)12-7-8-14(18(19)20)15(10-12)23(3,21)22/h7-8,10,13H,4-6,9,11H2,1-3H3. The number of hydrogen-bond donors (Lipinski definition) is 0.